The monoisotopic (exact) mass is 275 g/mol. The van der Waals surface area contributed by atoms with Crippen LogP contribution in [0.4, 0.5) is 0 Å². The highest BCUT2D eigenvalue weighted by Gasteiger charge is 2.23. The molecular weight excluding hydrogens is 258 g/mol. The van der Waals surface area contributed by atoms with Gasteiger partial charge in [0.15, 0.2) is 0 Å². The third-order valence-electron chi connectivity index (χ3n) is 3.12. The molecule has 0 fully saturated rings. The maximum atomic E-state index is 12.0. The molecule has 106 valence electrons. The molecule has 0 amide bonds. The summed E-state index contributed by atoms with van der Waals surface area (Å²) in [7, 11) is 3.02. The zero-order valence-corrected chi connectivity index (χ0v) is 12.0. The average molecular weight is 275 g/mol. The van der Waals surface area contributed by atoms with E-state index in [0.29, 0.717) is 0 Å². The van der Waals surface area contributed by atoms with Gasteiger partial charge in [0.05, 0.1) is 11.5 Å². The van der Waals surface area contributed by atoms with Crippen LogP contribution in [0.15, 0.2) is 40.7 Å². The Morgan fingerprint density at radius 2 is 1.90 bits per heavy atom. The Kier molecular flexibility index (Phi) is 3.48. The summed E-state index contributed by atoms with van der Waals surface area (Å²) in [4.78, 5) is 12.0. The van der Waals surface area contributed by atoms with Crippen molar-refractivity contribution in [2.75, 3.05) is 7.11 Å². The summed E-state index contributed by atoms with van der Waals surface area (Å²) in [5.74, 6) is 0.761. The van der Waals surface area contributed by atoms with Gasteiger partial charge in [-0.25, -0.2) is 9.48 Å². The largest absolute Gasteiger partial charge is 0.844 e. The molecule has 0 saturated carbocycles. The molecule has 0 aliphatic heterocycles. The second-order valence-corrected chi connectivity index (χ2v) is 5.11. The summed E-state index contributed by atoms with van der Waals surface area (Å²) in [5, 5.41) is 15.2. The van der Waals surface area contributed by atoms with Crippen molar-refractivity contribution in [2.45, 2.75) is 19.4 Å². The molecule has 0 aromatic carbocycles. The van der Waals surface area contributed by atoms with Gasteiger partial charge in [-0.1, -0.05) is 6.08 Å². The maximum Gasteiger partial charge on any atom is 0.345 e. The molecule has 1 aromatic heterocycles. The van der Waals surface area contributed by atoms with Crippen LogP contribution in [0.1, 0.15) is 13.8 Å². The van der Waals surface area contributed by atoms with Crippen LogP contribution in [0.3, 0.4) is 0 Å². The van der Waals surface area contributed by atoms with E-state index in [1.165, 1.54) is 11.7 Å². The highest BCUT2D eigenvalue weighted by Crippen LogP contribution is 2.19. The van der Waals surface area contributed by atoms with Crippen LogP contribution < -0.4 is 10.8 Å². The fraction of sp³-hybridized carbons (Fsp3) is 0.357. The van der Waals surface area contributed by atoms with Gasteiger partial charge in [0.1, 0.15) is 0 Å². The van der Waals surface area contributed by atoms with Crippen LogP contribution in [0.2, 0.25) is 0 Å². The first-order valence-corrected chi connectivity index (χ1v) is 6.18. The van der Waals surface area contributed by atoms with Crippen LogP contribution in [-0.2, 0) is 17.0 Å². The Hall–Kier alpha value is -2.37. The molecule has 0 bridgehead atoms. The van der Waals surface area contributed by atoms with Gasteiger partial charge in [-0.2, -0.15) is 5.10 Å². The molecule has 1 aromatic rings. The lowest BCUT2D eigenvalue weighted by molar-refractivity contribution is -0.417. The predicted molar refractivity (Wildman–Crippen MR) is 73.5 cm³/mol. The normalized spacial score (nSPS) is 14.8. The molecule has 20 heavy (non-hydrogen) atoms. The number of allylic oxidation sites excluding steroid dienone is 6. The highest BCUT2D eigenvalue weighted by molar-refractivity contribution is 6.01. The van der Waals surface area contributed by atoms with Gasteiger partial charge in [-0.15, -0.1) is 0 Å². The minimum atomic E-state index is -0.702. The minimum Gasteiger partial charge on any atom is -0.844 e. The molecule has 0 N–H and O–H groups in total. The SMILES string of the molecule is C[O+]=C1C=CC(=CC(C)(C)n2nc([O-])n(C)c2=O)C=C1. The average Bonchev–Trinajstić information content (AvgIpc) is 2.68. The minimum absolute atomic E-state index is 0.426. The zero-order chi connectivity index (χ0) is 14.9. The zero-order valence-electron chi connectivity index (χ0n) is 12.0. The number of ketones is 1. The molecule has 0 radical (unpaired) electrons. The number of hydrogen-bond acceptors (Lipinski definition) is 3. The summed E-state index contributed by atoms with van der Waals surface area (Å²) in [6, 6.07) is -0.550. The van der Waals surface area contributed by atoms with Gasteiger partial charge in [0, 0.05) is 19.2 Å². The lowest BCUT2D eigenvalue weighted by Crippen LogP contribution is -2.36. The summed E-state index contributed by atoms with van der Waals surface area (Å²) in [5.41, 5.74) is -0.211. The van der Waals surface area contributed by atoms with Crippen molar-refractivity contribution in [1.29, 1.82) is 0 Å². The van der Waals surface area contributed by atoms with Crippen molar-refractivity contribution in [2.24, 2.45) is 7.05 Å². The van der Waals surface area contributed by atoms with E-state index in [0.717, 1.165) is 15.9 Å². The van der Waals surface area contributed by atoms with Crippen molar-refractivity contribution in [1.82, 2.24) is 14.3 Å². The fourth-order valence-electron chi connectivity index (χ4n) is 1.96. The van der Waals surface area contributed by atoms with Crippen molar-refractivity contribution < 1.29 is 9.53 Å². The third-order valence-corrected chi connectivity index (χ3v) is 3.12. The molecule has 0 atom stereocenters. The van der Waals surface area contributed by atoms with Gasteiger partial charge in [0.2, 0.25) is 0 Å². The molecule has 1 heterocycles. The van der Waals surface area contributed by atoms with Crippen LogP contribution in [-0.4, -0.2) is 27.2 Å². The van der Waals surface area contributed by atoms with Crippen LogP contribution in [0, 0.1) is 0 Å². The van der Waals surface area contributed by atoms with E-state index in [1.54, 1.807) is 7.11 Å². The summed E-state index contributed by atoms with van der Waals surface area (Å²) >= 11 is 0. The lowest BCUT2D eigenvalue weighted by atomic mass is 9.99. The van der Waals surface area contributed by atoms with E-state index in [4.69, 9.17) is 4.42 Å². The van der Waals surface area contributed by atoms with E-state index < -0.39 is 17.2 Å². The first-order valence-electron chi connectivity index (χ1n) is 6.18. The van der Waals surface area contributed by atoms with Crippen molar-refractivity contribution >= 4 is 5.78 Å². The standard InChI is InChI=1S/C14H17N3O3/c1-14(2,17-13(19)16(3)12(18)15-17)9-10-5-7-11(20-4)8-6-10/h5-9H,1-4H3. The van der Waals surface area contributed by atoms with E-state index in [1.807, 2.05) is 44.2 Å². The lowest BCUT2D eigenvalue weighted by Gasteiger charge is -2.21. The van der Waals surface area contributed by atoms with Gasteiger partial charge < -0.3 is 5.11 Å². The number of nitrogens with zero attached hydrogens (tertiary/aromatic N) is 3. The van der Waals surface area contributed by atoms with Gasteiger partial charge in [-0.3, -0.25) is 8.99 Å². The Labute approximate surface area is 116 Å². The number of aromatic nitrogens is 3. The molecule has 1 aliphatic carbocycles. The smallest absolute Gasteiger partial charge is 0.345 e. The third kappa shape index (κ3) is 2.49. The quantitative estimate of drug-likeness (QED) is 0.722. The Morgan fingerprint density at radius 3 is 2.35 bits per heavy atom. The molecule has 1 aliphatic rings. The first kappa shape index (κ1) is 14.0. The summed E-state index contributed by atoms with van der Waals surface area (Å²) in [6.45, 7) is 3.65. The predicted octanol–water partition coefficient (Wildman–Crippen LogP) is 0.177. The van der Waals surface area contributed by atoms with E-state index in [2.05, 4.69) is 5.10 Å². The molecular formula is C14H17N3O3. The van der Waals surface area contributed by atoms with Crippen molar-refractivity contribution in [3.8, 4) is 6.01 Å². The topological polar surface area (TPSA) is 74.2 Å². The summed E-state index contributed by atoms with van der Waals surface area (Å²) in [6.07, 6.45) is 9.31. The second-order valence-electron chi connectivity index (χ2n) is 5.11. The van der Waals surface area contributed by atoms with Crippen LogP contribution in [0.5, 0.6) is 6.01 Å². The number of hydrogen-bond donors (Lipinski definition) is 0. The number of carbonyl (C=O) groups excluding carboxylic acids is 1. The molecule has 0 unspecified atom stereocenters. The molecule has 6 nitrogen and oxygen atoms in total. The second kappa shape index (κ2) is 4.96. The van der Waals surface area contributed by atoms with Crippen molar-refractivity contribution in [3.63, 3.8) is 0 Å². The van der Waals surface area contributed by atoms with Crippen LogP contribution >= 0.6 is 0 Å². The maximum absolute atomic E-state index is 12.0. The fourth-order valence-corrected chi connectivity index (χ4v) is 1.96. The van der Waals surface area contributed by atoms with Crippen LogP contribution in [0.25, 0.3) is 0 Å². The van der Waals surface area contributed by atoms with Crippen molar-refractivity contribution in [3.05, 3.63) is 46.4 Å². The van der Waals surface area contributed by atoms with E-state index in [-0.39, 0.29) is 0 Å². The van der Waals surface area contributed by atoms with E-state index >= 15 is 0 Å². The Balaban J connectivity index is 2.39. The molecule has 0 spiro atoms. The van der Waals surface area contributed by atoms with Gasteiger partial charge in [-0.05, 0) is 31.6 Å². The Morgan fingerprint density at radius 1 is 1.30 bits per heavy atom. The first-order chi connectivity index (χ1) is 9.35. The molecule has 6 heteroatoms. The Bertz CT molecular complexity index is 682. The number of rotatable bonds is 2. The highest BCUT2D eigenvalue weighted by atomic mass is 16.4. The molecule has 0 saturated heterocycles. The van der Waals surface area contributed by atoms with E-state index in [9.17, 15) is 9.90 Å². The molecule has 2 rings (SSSR count). The summed E-state index contributed by atoms with van der Waals surface area (Å²) < 4.78 is 7.28. The van der Waals surface area contributed by atoms with Gasteiger partial charge in [0.25, 0.3) is 7.11 Å². The van der Waals surface area contributed by atoms with Gasteiger partial charge >= 0.3 is 11.5 Å².